The highest BCUT2D eigenvalue weighted by Crippen LogP contribution is 2.44. The van der Waals surface area contributed by atoms with E-state index in [0.717, 1.165) is 35.1 Å². The molecule has 1 aromatic rings. The second-order valence-electron chi connectivity index (χ2n) is 5.47. The fourth-order valence-corrected chi connectivity index (χ4v) is 2.91. The number of hydrogen-bond acceptors (Lipinski definition) is 2. The van der Waals surface area contributed by atoms with Crippen LogP contribution < -0.4 is 11.1 Å². The van der Waals surface area contributed by atoms with Gasteiger partial charge in [0, 0.05) is 23.3 Å². The molecule has 3 rings (SSSR count). The first-order valence-corrected chi connectivity index (χ1v) is 6.88. The van der Waals surface area contributed by atoms with Gasteiger partial charge in [0.2, 0.25) is 0 Å². The standard InChI is InChI=1S/C14H19ClN2/c15-12-5-9(6-13(16)7-12)8-17-14(10-1-2-10)11-3-4-11/h5-7,10-11,14,17H,1-4,8,16H2. The number of nitrogens with two attached hydrogens (primary N) is 1. The molecule has 3 N–H and O–H groups in total. The summed E-state index contributed by atoms with van der Waals surface area (Å²) in [4.78, 5) is 0. The van der Waals surface area contributed by atoms with E-state index in [4.69, 9.17) is 17.3 Å². The fraction of sp³-hybridized carbons (Fsp3) is 0.571. The van der Waals surface area contributed by atoms with Crippen molar-refractivity contribution >= 4 is 17.3 Å². The molecule has 2 aliphatic rings. The molecule has 3 heteroatoms. The number of rotatable bonds is 5. The molecule has 1 aromatic carbocycles. The quantitative estimate of drug-likeness (QED) is 0.788. The van der Waals surface area contributed by atoms with Crippen molar-refractivity contribution < 1.29 is 0 Å². The summed E-state index contributed by atoms with van der Waals surface area (Å²) >= 11 is 6.01. The molecule has 0 spiro atoms. The zero-order valence-corrected chi connectivity index (χ0v) is 10.7. The van der Waals surface area contributed by atoms with E-state index in [-0.39, 0.29) is 0 Å². The van der Waals surface area contributed by atoms with Crippen LogP contribution in [0.3, 0.4) is 0 Å². The van der Waals surface area contributed by atoms with Crippen LogP contribution in [0.5, 0.6) is 0 Å². The Morgan fingerprint density at radius 2 is 1.82 bits per heavy atom. The summed E-state index contributed by atoms with van der Waals surface area (Å²) in [7, 11) is 0. The Hall–Kier alpha value is -0.730. The SMILES string of the molecule is Nc1cc(Cl)cc(CNC(C2CC2)C2CC2)c1. The average molecular weight is 251 g/mol. The number of benzene rings is 1. The molecular weight excluding hydrogens is 232 g/mol. The molecule has 0 heterocycles. The van der Waals surface area contributed by atoms with Crippen LogP contribution in [0.25, 0.3) is 0 Å². The zero-order chi connectivity index (χ0) is 11.8. The summed E-state index contributed by atoms with van der Waals surface area (Å²) in [5.74, 6) is 1.86. The number of hydrogen-bond donors (Lipinski definition) is 2. The van der Waals surface area contributed by atoms with E-state index in [2.05, 4.69) is 5.32 Å². The van der Waals surface area contributed by atoms with Gasteiger partial charge in [-0.25, -0.2) is 0 Å². The highest BCUT2D eigenvalue weighted by molar-refractivity contribution is 6.30. The molecule has 0 atom stereocenters. The Balaban J connectivity index is 1.61. The van der Waals surface area contributed by atoms with Crippen molar-refractivity contribution in [1.29, 1.82) is 0 Å². The first kappa shape index (κ1) is 11.4. The second-order valence-corrected chi connectivity index (χ2v) is 5.91. The first-order chi connectivity index (χ1) is 8.22. The van der Waals surface area contributed by atoms with Crippen LogP contribution in [0.1, 0.15) is 31.2 Å². The molecule has 0 aromatic heterocycles. The highest BCUT2D eigenvalue weighted by atomic mass is 35.5. The van der Waals surface area contributed by atoms with Gasteiger partial charge in [-0.2, -0.15) is 0 Å². The Morgan fingerprint density at radius 3 is 2.35 bits per heavy atom. The third-order valence-corrected chi connectivity index (χ3v) is 4.00. The molecule has 0 bridgehead atoms. The van der Waals surface area contributed by atoms with Crippen molar-refractivity contribution in [3.05, 3.63) is 28.8 Å². The summed E-state index contributed by atoms with van der Waals surface area (Å²) in [6, 6.07) is 6.54. The average Bonchev–Trinajstić information content (AvgIpc) is 3.12. The lowest BCUT2D eigenvalue weighted by molar-refractivity contribution is 0.416. The number of nitrogens with one attached hydrogen (secondary N) is 1. The molecule has 0 radical (unpaired) electrons. The maximum Gasteiger partial charge on any atom is 0.0429 e. The van der Waals surface area contributed by atoms with Crippen LogP contribution in [0.2, 0.25) is 5.02 Å². The smallest absolute Gasteiger partial charge is 0.0429 e. The van der Waals surface area contributed by atoms with E-state index in [1.165, 1.54) is 31.2 Å². The summed E-state index contributed by atoms with van der Waals surface area (Å²) in [6.07, 6.45) is 5.63. The zero-order valence-electron chi connectivity index (χ0n) is 9.95. The van der Waals surface area contributed by atoms with E-state index < -0.39 is 0 Å². The minimum atomic E-state index is 0.732. The lowest BCUT2D eigenvalue weighted by Crippen LogP contribution is -2.32. The maximum atomic E-state index is 6.01. The van der Waals surface area contributed by atoms with Crippen LogP contribution in [0, 0.1) is 11.8 Å². The van der Waals surface area contributed by atoms with Gasteiger partial charge in [0.1, 0.15) is 0 Å². The minimum Gasteiger partial charge on any atom is -0.399 e. The predicted octanol–water partition coefficient (Wildman–Crippen LogP) is 3.20. The Bertz CT molecular complexity index is 378. The van der Waals surface area contributed by atoms with Crippen molar-refractivity contribution in [2.45, 2.75) is 38.3 Å². The first-order valence-electron chi connectivity index (χ1n) is 6.51. The summed E-state index contributed by atoms with van der Waals surface area (Å²) in [5.41, 5.74) is 7.75. The van der Waals surface area contributed by atoms with Gasteiger partial charge < -0.3 is 11.1 Å². The fourth-order valence-electron chi connectivity index (χ4n) is 2.64. The third-order valence-electron chi connectivity index (χ3n) is 3.78. The predicted molar refractivity (Wildman–Crippen MR) is 71.9 cm³/mol. The Labute approximate surface area is 108 Å². The van der Waals surface area contributed by atoms with Gasteiger partial charge in [-0.1, -0.05) is 11.6 Å². The van der Waals surface area contributed by atoms with Crippen LogP contribution in [-0.2, 0) is 6.54 Å². The van der Waals surface area contributed by atoms with E-state index >= 15 is 0 Å². The highest BCUT2D eigenvalue weighted by Gasteiger charge is 2.40. The van der Waals surface area contributed by atoms with Crippen molar-refractivity contribution in [2.75, 3.05) is 5.73 Å². The summed E-state index contributed by atoms with van der Waals surface area (Å²) in [5, 5.41) is 4.43. The maximum absolute atomic E-state index is 6.01. The van der Waals surface area contributed by atoms with E-state index in [9.17, 15) is 0 Å². The van der Waals surface area contributed by atoms with Crippen LogP contribution in [-0.4, -0.2) is 6.04 Å². The summed E-state index contributed by atoms with van der Waals surface area (Å²) in [6.45, 7) is 0.891. The number of halogens is 1. The Kier molecular flexibility index (Phi) is 3.01. The van der Waals surface area contributed by atoms with Crippen molar-refractivity contribution in [1.82, 2.24) is 5.32 Å². The van der Waals surface area contributed by atoms with Gasteiger partial charge in [0.15, 0.2) is 0 Å². The number of nitrogen functional groups attached to an aromatic ring is 1. The Morgan fingerprint density at radius 1 is 1.18 bits per heavy atom. The molecule has 92 valence electrons. The van der Waals surface area contributed by atoms with Gasteiger partial charge in [-0.3, -0.25) is 0 Å². The number of anilines is 1. The van der Waals surface area contributed by atoms with Crippen molar-refractivity contribution in [3.63, 3.8) is 0 Å². The third kappa shape index (κ3) is 2.93. The molecule has 2 aliphatic carbocycles. The molecule has 0 unspecified atom stereocenters. The van der Waals surface area contributed by atoms with Crippen molar-refractivity contribution in [3.8, 4) is 0 Å². The lowest BCUT2D eigenvalue weighted by atomic mass is 10.1. The molecular formula is C14H19ClN2. The summed E-state index contributed by atoms with van der Waals surface area (Å²) < 4.78 is 0. The second kappa shape index (κ2) is 4.51. The molecule has 2 saturated carbocycles. The van der Waals surface area contributed by atoms with Crippen molar-refractivity contribution in [2.24, 2.45) is 11.8 Å². The molecule has 0 amide bonds. The van der Waals surface area contributed by atoms with E-state index in [1.54, 1.807) is 6.07 Å². The molecule has 2 fully saturated rings. The minimum absolute atomic E-state index is 0.732. The normalized spacial score (nSPS) is 19.9. The molecule has 2 nitrogen and oxygen atoms in total. The van der Waals surface area contributed by atoms with Gasteiger partial charge in [0.25, 0.3) is 0 Å². The lowest BCUT2D eigenvalue weighted by Gasteiger charge is -2.17. The van der Waals surface area contributed by atoms with Crippen LogP contribution >= 0.6 is 11.6 Å². The van der Waals surface area contributed by atoms with Gasteiger partial charge in [-0.15, -0.1) is 0 Å². The molecule has 0 aliphatic heterocycles. The van der Waals surface area contributed by atoms with Crippen LogP contribution in [0.4, 0.5) is 5.69 Å². The topological polar surface area (TPSA) is 38.0 Å². The van der Waals surface area contributed by atoms with E-state index in [0.29, 0.717) is 0 Å². The van der Waals surface area contributed by atoms with Crippen LogP contribution in [0.15, 0.2) is 18.2 Å². The van der Waals surface area contributed by atoms with Gasteiger partial charge >= 0.3 is 0 Å². The molecule has 17 heavy (non-hydrogen) atoms. The van der Waals surface area contributed by atoms with Gasteiger partial charge in [0.05, 0.1) is 0 Å². The molecule has 0 saturated heterocycles. The largest absolute Gasteiger partial charge is 0.399 e. The van der Waals surface area contributed by atoms with E-state index in [1.807, 2.05) is 12.1 Å². The monoisotopic (exact) mass is 250 g/mol. The van der Waals surface area contributed by atoms with Gasteiger partial charge in [-0.05, 0) is 61.3 Å².